The Hall–Kier alpha value is -2.83. The summed E-state index contributed by atoms with van der Waals surface area (Å²) >= 11 is 2.24. The molecule has 2 aromatic carbocycles. The average Bonchev–Trinajstić information content (AvgIpc) is 3.79. The zero-order chi connectivity index (χ0) is 29.7. The van der Waals surface area contributed by atoms with Crippen molar-refractivity contribution in [2.24, 2.45) is 0 Å². The summed E-state index contributed by atoms with van der Waals surface area (Å²) in [7, 11) is 0. The van der Waals surface area contributed by atoms with Crippen LogP contribution in [0.5, 0.6) is 11.6 Å². The van der Waals surface area contributed by atoms with Gasteiger partial charge in [0, 0.05) is 37.6 Å². The van der Waals surface area contributed by atoms with E-state index >= 15 is 4.39 Å². The molecule has 3 aliphatic rings. The summed E-state index contributed by atoms with van der Waals surface area (Å²) in [5, 5.41) is 10.1. The van der Waals surface area contributed by atoms with Crippen molar-refractivity contribution < 1.29 is 33.2 Å². The highest BCUT2D eigenvalue weighted by molar-refractivity contribution is 14.2. The van der Waals surface area contributed by atoms with Crippen LogP contribution in [0, 0.1) is 5.82 Å². The Labute approximate surface area is 262 Å². The maximum absolute atomic E-state index is 15.4. The zero-order valence-corrected chi connectivity index (χ0v) is 26.4. The zero-order valence-electron chi connectivity index (χ0n) is 23.3. The smallest absolute Gasteiger partial charge is 0.219 e. The number of fused-ring (bicyclic) bond motifs is 2. The minimum Gasteiger partial charge on any atom is -0.489 e. The molecule has 43 heavy (non-hydrogen) atoms. The third-order valence-corrected chi connectivity index (χ3v) is 10.4. The number of rotatable bonds is 7. The number of ether oxygens (including phenoxy) is 4. The number of nitrogens with zero attached hydrogens (tertiary/aromatic N) is 3. The summed E-state index contributed by atoms with van der Waals surface area (Å²) in [4.78, 5) is 18.1. The summed E-state index contributed by atoms with van der Waals surface area (Å²) in [6, 6.07) is 18.9. The maximum atomic E-state index is 15.4. The van der Waals surface area contributed by atoms with Crippen molar-refractivity contribution in [3.05, 3.63) is 66.5 Å². The first-order chi connectivity index (χ1) is 20.9. The van der Waals surface area contributed by atoms with E-state index in [9.17, 15) is 9.90 Å². The predicted molar refractivity (Wildman–Crippen MR) is 169 cm³/mol. The number of hydrogen-bond acceptors (Lipinski definition) is 7. The quantitative estimate of drug-likeness (QED) is 0.208. The lowest BCUT2D eigenvalue weighted by Gasteiger charge is -2.18. The predicted octanol–water partition coefficient (Wildman–Crippen LogP) is 5.21. The fraction of sp³-hybridized carbons (Fsp3) is 0.355. The molecule has 4 aromatic rings. The van der Waals surface area contributed by atoms with Gasteiger partial charge in [0.05, 0.1) is 37.2 Å². The van der Waals surface area contributed by atoms with Gasteiger partial charge >= 0.3 is 0 Å². The lowest BCUT2D eigenvalue weighted by atomic mass is 10.0. The van der Waals surface area contributed by atoms with Crippen molar-refractivity contribution in [2.75, 3.05) is 26.3 Å². The molecule has 3 unspecified atom stereocenters. The van der Waals surface area contributed by atoms with Crippen molar-refractivity contribution in [1.82, 2.24) is 14.2 Å². The highest BCUT2D eigenvalue weighted by atomic mass is 127. The van der Waals surface area contributed by atoms with E-state index in [4.69, 9.17) is 18.9 Å². The van der Waals surface area contributed by atoms with Gasteiger partial charge in [-0.05, 0) is 45.3 Å². The average molecular weight is 717 g/mol. The van der Waals surface area contributed by atoms with E-state index in [1.165, 1.54) is 6.07 Å². The third-order valence-electron chi connectivity index (χ3n) is 8.28. The van der Waals surface area contributed by atoms with Gasteiger partial charge in [0.2, 0.25) is 5.91 Å². The van der Waals surface area contributed by atoms with Gasteiger partial charge < -0.3 is 29.0 Å². The molecule has 1 amide bonds. The minimum absolute atomic E-state index is 0.00471. The number of benzene rings is 2. The van der Waals surface area contributed by atoms with E-state index in [0.717, 1.165) is 29.8 Å². The Morgan fingerprint density at radius 2 is 1.72 bits per heavy atom. The molecule has 0 bridgehead atoms. The molecule has 7 rings (SSSR count). The number of halogens is 2. The monoisotopic (exact) mass is 717 g/mol. The number of aliphatic hydroxyl groups is 1. The molecule has 3 saturated heterocycles. The van der Waals surface area contributed by atoms with Gasteiger partial charge in [-0.2, -0.15) is 0 Å². The van der Waals surface area contributed by atoms with Gasteiger partial charge in [0.15, 0.2) is 17.8 Å². The molecular formula is C31H30FIN3O6P. The summed E-state index contributed by atoms with van der Waals surface area (Å²) in [6.45, 7) is 3.46. The molecule has 9 nitrogen and oxygen atoms in total. The third kappa shape index (κ3) is 5.62. The highest BCUT2D eigenvalue weighted by Crippen LogP contribution is 2.40. The first-order valence-electron chi connectivity index (χ1n) is 14.2. The summed E-state index contributed by atoms with van der Waals surface area (Å²) < 4.78 is 41.1. The largest absolute Gasteiger partial charge is 0.489 e. The number of carbonyl (C=O) groups excluding carboxylic acids is 1. The molecule has 1 N–H and O–H groups in total. The van der Waals surface area contributed by atoms with Crippen LogP contribution in [0.3, 0.4) is 0 Å². The Bertz CT molecular complexity index is 1650. The number of aliphatic hydroxyl groups excluding tert-OH is 1. The number of aromatic nitrogens is 2. The second-order valence-electron chi connectivity index (χ2n) is 11.0. The molecule has 3 fully saturated rings. The number of pyridine rings is 1. The Morgan fingerprint density at radius 1 is 1.02 bits per heavy atom. The lowest BCUT2D eigenvalue weighted by Crippen LogP contribution is -2.34. The number of likely N-dealkylation sites (tertiary alicyclic amines) is 1. The van der Waals surface area contributed by atoms with Crippen LogP contribution < -0.4 is 9.47 Å². The first kappa shape index (κ1) is 28.9. The van der Waals surface area contributed by atoms with Crippen molar-refractivity contribution in [3.63, 3.8) is 0 Å². The molecule has 0 spiro atoms. The van der Waals surface area contributed by atoms with Crippen molar-refractivity contribution in [3.8, 4) is 34.0 Å². The summed E-state index contributed by atoms with van der Waals surface area (Å²) in [5.74, 6) is 1.00. The molecule has 0 radical (unpaired) electrons. The second kappa shape index (κ2) is 11.9. The van der Waals surface area contributed by atoms with Gasteiger partial charge in [0.1, 0.15) is 35.9 Å². The van der Waals surface area contributed by atoms with E-state index < -0.39 is 18.0 Å². The van der Waals surface area contributed by atoms with Crippen LogP contribution in [0.4, 0.5) is 4.39 Å². The molecule has 0 saturated carbocycles. The SMILES string of the molecule is CC(=O)N1CCC(Oc2ccc(-c3ccc(-c4nc5cc(O[C@@H]6COC7[C@H](O)CO[C@@H]76)n(PI)c5cc4F)cc3)cc2)C1. The number of amides is 1. The fourth-order valence-electron chi connectivity index (χ4n) is 6.00. The molecule has 0 aliphatic carbocycles. The maximum Gasteiger partial charge on any atom is 0.219 e. The Morgan fingerprint density at radius 3 is 2.42 bits per heavy atom. The van der Waals surface area contributed by atoms with Gasteiger partial charge in [-0.15, -0.1) is 0 Å². The van der Waals surface area contributed by atoms with Crippen LogP contribution in [0.1, 0.15) is 13.3 Å². The van der Waals surface area contributed by atoms with Crippen molar-refractivity contribution >= 4 is 45.4 Å². The fourth-order valence-corrected chi connectivity index (χ4v) is 7.97. The van der Waals surface area contributed by atoms with Crippen molar-refractivity contribution in [1.29, 1.82) is 0 Å². The van der Waals surface area contributed by atoms with Crippen LogP contribution in [-0.2, 0) is 14.3 Å². The van der Waals surface area contributed by atoms with E-state index in [-0.39, 0.29) is 42.9 Å². The highest BCUT2D eigenvalue weighted by Gasteiger charge is 2.48. The normalized spacial score (nSPS) is 25.2. The van der Waals surface area contributed by atoms with Gasteiger partial charge in [-0.25, -0.2) is 9.37 Å². The van der Waals surface area contributed by atoms with E-state index in [1.54, 1.807) is 11.8 Å². The molecule has 6 atom stereocenters. The van der Waals surface area contributed by atoms with Crippen LogP contribution in [0.15, 0.2) is 60.7 Å². The molecule has 2 aromatic heterocycles. The summed E-state index contributed by atoms with van der Waals surface area (Å²) in [5.41, 5.74) is 4.23. The van der Waals surface area contributed by atoms with E-state index in [1.807, 2.05) is 58.9 Å². The minimum atomic E-state index is -0.656. The molecule has 5 heterocycles. The number of carbonyl (C=O) groups is 1. The Balaban J connectivity index is 1.07. The Kier molecular flexibility index (Phi) is 8.02. The molecular weight excluding hydrogens is 687 g/mol. The van der Waals surface area contributed by atoms with E-state index in [2.05, 4.69) is 27.0 Å². The topological polar surface area (TPSA) is 95.3 Å². The van der Waals surface area contributed by atoms with Crippen LogP contribution >= 0.6 is 28.4 Å². The standard InChI is InChI=1S/C31H30FIN3O6P/c1-17(37)35-11-10-22(14-35)41-21-8-6-19(7-9-21)18-2-4-20(5-3-18)29-23(32)12-25-24(34-29)13-28(36(25)43-33)42-27-16-40-30-26(38)15-39-31(27)30/h2-9,12-13,22,26-27,30-31,38,43H,10-11,14-16H2,1H3/t22?,26-,27-,30?,31-/m1/s1. The summed E-state index contributed by atoms with van der Waals surface area (Å²) in [6.07, 6.45) is -0.654. The van der Waals surface area contributed by atoms with Crippen LogP contribution in [0.2, 0.25) is 0 Å². The molecule has 12 heteroatoms. The van der Waals surface area contributed by atoms with Gasteiger partial charge in [0.25, 0.3) is 0 Å². The molecule has 3 aliphatic heterocycles. The first-order valence-corrected chi connectivity index (χ1v) is 18.2. The van der Waals surface area contributed by atoms with Crippen molar-refractivity contribution in [2.45, 2.75) is 43.9 Å². The lowest BCUT2D eigenvalue weighted by molar-refractivity contribution is -0.128. The van der Waals surface area contributed by atoms with Gasteiger partial charge in [-0.1, -0.05) is 36.4 Å². The van der Waals surface area contributed by atoms with Crippen LogP contribution in [-0.4, -0.2) is 82.1 Å². The van der Waals surface area contributed by atoms with E-state index in [0.29, 0.717) is 35.6 Å². The number of hydrogen-bond donors (Lipinski definition) is 1. The van der Waals surface area contributed by atoms with Crippen LogP contribution in [0.25, 0.3) is 33.4 Å². The second-order valence-corrected chi connectivity index (χ2v) is 13.1. The van der Waals surface area contributed by atoms with Gasteiger partial charge in [-0.3, -0.25) is 9.13 Å². The molecule has 224 valence electrons.